The van der Waals surface area contributed by atoms with Crippen molar-refractivity contribution in [2.24, 2.45) is 0 Å². The van der Waals surface area contributed by atoms with Crippen molar-refractivity contribution >= 4 is 11.6 Å². The second-order valence-corrected chi connectivity index (χ2v) is 5.69. The quantitative estimate of drug-likeness (QED) is 0.833. The number of rotatable bonds is 4. The van der Waals surface area contributed by atoms with Gasteiger partial charge in [-0.2, -0.15) is 5.26 Å². The number of anilines is 2. The molecule has 0 aliphatic heterocycles. The van der Waals surface area contributed by atoms with Crippen LogP contribution in [0.1, 0.15) is 33.0 Å². The van der Waals surface area contributed by atoms with Gasteiger partial charge in [-0.25, -0.2) is 9.97 Å². The lowest BCUT2D eigenvalue weighted by atomic mass is 10.1. The molecule has 1 rings (SSSR count). The van der Waals surface area contributed by atoms with Crippen LogP contribution in [0, 0.1) is 18.3 Å². The Hall–Kier alpha value is -1.83. The third-order valence-corrected chi connectivity index (χ3v) is 3.11. The van der Waals surface area contributed by atoms with Crippen molar-refractivity contribution in [2.45, 2.75) is 39.7 Å². The van der Waals surface area contributed by atoms with Crippen molar-refractivity contribution in [2.75, 3.05) is 30.4 Å². The van der Waals surface area contributed by atoms with Crippen LogP contribution < -0.4 is 9.80 Å². The first-order valence-electron chi connectivity index (χ1n) is 6.43. The third-order valence-electron chi connectivity index (χ3n) is 3.11. The zero-order chi connectivity index (χ0) is 14.6. The number of hydrogen-bond acceptors (Lipinski definition) is 5. The Kier molecular flexibility index (Phi) is 4.71. The Labute approximate surface area is 115 Å². The monoisotopic (exact) mass is 261 g/mol. The molecule has 0 saturated carbocycles. The van der Waals surface area contributed by atoms with Crippen molar-refractivity contribution in [3.8, 4) is 6.07 Å². The first kappa shape index (κ1) is 15.2. The van der Waals surface area contributed by atoms with E-state index in [2.05, 4.69) is 41.7 Å². The van der Waals surface area contributed by atoms with Gasteiger partial charge in [0.1, 0.15) is 17.5 Å². The fraction of sp³-hybridized carbons (Fsp3) is 0.643. The minimum absolute atomic E-state index is 0.00326. The molecule has 104 valence electrons. The lowest BCUT2D eigenvalue weighted by molar-refractivity contribution is 0.533. The minimum atomic E-state index is 0.00326. The summed E-state index contributed by atoms with van der Waals surface area (Å²) in [6, 6.07) is 4.12. The fourth-order valence-electron chi connectivity index (χ4n) is 1.58. The number of aryl methyl sites for hydroxylation is 1. The molecule has 0 fully saturated rings. The fourth-order valence-corrected chi connectivity index (χ4v) is 1.58. The average molecular weight is 261 g/mol. The van der Waals surface area contributed by atoms with E-state index in [1.165, 1.54) is 0 Å². The van der Waals surface area contributed by atoms with Crippen LogP contribution in [-0.4, -0.2) is 36.1 Å². The molecule has 1 aromatic rings. The second-order valence-electron chi connectivity index (χ2n) is 5.69. The van der Waals surface area contributed by atoms with E-state index in [0.29, 0.717) is 13.0 Å². The van der Waals surface area contributed by atoms with E-state index in [0.717, 1.165) is 17.5 Å². The van der Waals surface area contributed by atoms with Crippen LogP contribution in [0.5, 0.6) is 0 Å². The highest BCUT2D eigenvalue weighted by Gasteiger charge is 2.20. The van der Waals surface area contributed by atoms with Gasteiger partial charge in [0.05, 0.1) is 12.5 Å². The van der Waals surface area contributed by atoms with E-state index >= 15 is 0 Å². The minimum Gasteiger partial charge on any atom is -0.358 e. The van der Waals surface area contributed by atoms with E-state index in [9.17, 15) is 0 Å². The lowest BCUT2D eigenvalue weighted by Gasteiger charge is -2.33. The summed E-state index contributed by atoms with van der Waals surface area (Å²) < 4.78 is 0. The summed E-state index contributed by atoms with van der Waals surface area (Å²) in [5, 5.41) is 8.65. The highest BCUT2D eigenvalue weighted by molar-refractivity contribution is 5.51. The summed E-state index contributed by atoms with van der Waals surface area (Å²) in [7, 11) is 3.97. The summed E-state index contributed by atoms with van der Waals surface area (Å²) in [4.78, 5) is 13.0. The number of hydrogen-bond donors (Lipinski definition) is 0. The molecule has 1 aromatic heterocycles. The van der Waals surface area contributed by atoms with E-state index in [1.54, 1.807) is 0 Å². The van der Waals surface area contributed by atoms with Crippen LogP contribution in [0.25, 0.3) is 0 Å². The Bertz CT molecular complexity index is 470. The summed E-state index contributed by atoms with van der Waals surface area (Å²) in [5.41, 5.74) is 0.00326. The molecule has 0 bridgehead atoms. The van der Waals surface area contributed by atoms with E-state index in [1.807, 2.05) is 32.0 Å². The zero-order valence-corrected chi connectivity index (χ0v) is 12.7. The zero-order valence-electron chi connectivity index (χ0n) is 12.7. The molecule has 0 spiro atoms. The van der Waals surface area contributed by atoms with Crippen molar-refractivity contribution < 1.29 is 0 Å². The van der Waals surface area contributed by atoms with Crippen LogP contribution in [0.3, 0.4) is 0 Å². The first-order chi connectivity index (χ1) is 8.75. The maximum absolute atomic E-state index is 8.65. The summed E-state index contributed by atoms with van der Waals surface area (Å²) in [6.07, 6.45) is 0.490. The van der Waals surface area contributed by atoms with Crippen molar-refractivity contribution in [1.29, 1.82) is 5.26 Å². The van der Waals surface area contributed by atoms with Crippen molar-refractivity contribution in [3.63, 3.8) is 0 Å². The standard InChI is InChI=1S/C14H23N5/c1-11-16-12(18(5)9-7-8-15)10-13(17-11)19(6)14(2,3)4/h10H,7,9H2,1-6H3. The summed E-state index contributed by atoms with van der Waals surface area (Å²) >= 11 is 0. The predicted molar refractivity (Wildman–Crippen MR) is 78.4 cm³/mol. The molecular formula is C14H23N5. The highest BCUT2D eigenvalue weighted by Crippen LogP contribution is 2.23. The second kappa shape index (κ2) is 5.87. The smallest absolute Gasteiger partial charge is 0.134 e. The van der Waals surface area contributed by atoms with Gasteiger partial charge in [0.25, 0.3) is 0 Å². The molecule has 0 aliphatic rings. The van der Waals surface area contributed by atoms with Gasteiger partial charge in [-0.3, -0.25) is 0 Å². The molecule has 0 N–H and O–H groups in total. The van der Waals surface area contributed by atoms with Gasteiger partial charge in [-0.1, -0.05) is 0 Å². The largest absolute Gasteiger partial charge is 0.358 e. The predicted octanol–water partition coefficient (Wildman–Crippen LogP) is 2.37. The molecule has 19 heavy (non-hydrogen) atoms. The lowest BCUT2D eigenvalue weighted by Crippen LogP contribution is -2.39. The Balaban J connectivity index is 3.04. The molecule has 0 saturated heterocycles. The Morgan fingerprint density at radius 1 is 1.21 bits per heavy atom. The van der Waals surface area contributed by atoms with Gasteiger partial charge >= 0.3 is 0 Å². The van der Waals surface area contributed by atoms with E-state index in [-0.39, 0.29) is 5.54 Å². The molecule has 0 unspecified atom stereocenters. The summed E-state index contributed by atoms with van der Waals surface area (Å²) in [6.45, 7) is 8.99. The number of nitrogens with zero attached hydrogens (tertiary/aromatic N) is 5. The number of nitriles is 1. The van der Waals surface area contributed by atoms with E-state index in [4.69, 9.17) is 5.26 Å². The van der Waals surface area contributed by atoms with Gasteiger partial charge in [-0.15, -0.1) is 0 Å². The number of aromatic nitrogens is 2. The van der Waals surface area contributed by atoms with Crippen LogP contribution >= 0.6 is 0 Å². The molecule has 0 amide bonds. The SMILES string of the molecule is Cc1nc(N(C)CCC#N)cc(N(C)C(C)(C)C)n1. The van der Waals surface area contributed by atoms with Gasteiger partial charge in [0, 0.05) is 32.2 Å². The van der Waals surface area contributed by atoms with Crippen LogP contribution in [-0.2, 0) is 0 Å². The summed E-state index contributed by atoms with van der Waals surface area (Å²) in [5.74, 6) is 2.50. The molecule has 0 radical (unpaired) electrons. The molecule has 0 aliphatic carbocycles. The normalized spacial score (nSPS) is 11.0. The molecular weight excluding hydrogens is 238 g/mol. The van der Waals surface area contributed by atoms with Gasteiger partial charge < -0.3 is 9.80 Å². The Morgan fingerprint density at radius 2 is 1.79 bits per heavy atom. The maximum atomic E-state index is 8.65. The maximum Gasteiger partial charge on any atom is 0.134 e. The first-order valence-corrected chi connectivity index (χ1v) is 6.43. The van der Waals surface area contributed by atoms with Crippen LogP contribution in [0.15, 0.2) is 6.07 Å². The molecule has 5 nitrogen and oxygen atoms in total. The van der Waals surface area contributed by atoms with Crippen molar-refractivity contribution in [1.82, 2.24) is 9.97 Å². The van der Waals surface area contributed by atoms with Gasteiger partial charge in [0.15, 0.2) is 0 Å². The Morgan fingerprint density at radius 3 is 2.32 bits per heavy atom. The van der Waals surface area contributed by atoms with Crippen molar-refractivity contribution in [3.05, 3.63) is 11.9 Å². The molecule has 1 heterocycles. The topological polar surface area (TPSA) is 56.1 Å². The van der Waals surface area contributed by atoms with Gasteiger partial charge in [-0.05, 0) is 27.7 Å². The van der Waals surface area contributed by atoms with E-state index < -0.39 is 0 Å². The average Bonchev–Trinajstić information content (AvgIpc) is 2.33. The molecule has 0 aromatic carbocycles. The molecule has 0 atom stereocenters. The van der Waals surface area contributed by atoms with Crippen LogP contribution in [0.2, 0.25) is 0 Å². The third kappa shape index (κ3) is 4.09. The molecule has 5 heteroatoms. The van der Waals surface area contributed by atoms with Crippen LogP contribution in [0.4, 0.5) is 11.6 Å². The highest BCUT2D eigenvalue weighted by atomic mass is 15.2. The van der Waals surface area contributed by atoms with Gasteiger partial charge in [0.2, 0.25) is 0 Å².